The third kappa shape index (κ3) is 1.51. The summed E-state index contributed by atoms with van der Waals surface area (Å²) in [6.45, 7) is 4.38. The lowest BCUT2D eigenvalue weighted by Crippen LogP contribution is -2.28. The van der Waals surface area contributed by atoms with E-state index >= 15 is 0 Å². The van der Waals surface area contributed by atoms with Crippen LogP contribution < -0.4 is 5.73 Å². The number of hydrogen-bond donors (Lipinski definition) is 1. The van der Waals surface area contributed by atoms with Gasteiger partial charge >= 0.3 is 0 Å². The van der Waals surface area contributed by atoms with Gasteiger partial charge in [-0.05, 0) is 50.3 Å². The molecule has 1 aromatic heterocycles. The molecule has 2 aromatic rings. The zero-order valence-corrected chi connectivity index (χ0v) is 10.9. The van der Waals surface area contributed by atoms with Gasteiger partial charge in [0.15, 0.2) is 0 Å². The monoisotopic (exact) mass is 228 g/mol. The number of aromatic nitrogens is 1. The molecule has 1 heterocycles. The third-order valence-electron chi connectivity index (χ3n) is 4.08. The minimum atomic E-state index is 0.342. The SMILES string of the molecule is Cc1cc(C)c2c(c1)c1c(n2C)CCC(N)C1. The largest absolute Gasteiger partial charge is 0.347 e. The van der Waals surface area contributed by atoms with Crippen LogP contribution in [0.3, 0.4) is 0 Å². The molecule has 17 heavy (non-hydrogen) atoms. The van der Waals surface area contributed by atoms with E-state index in [1.807, 2.05) is 0 Å². The summed E-state index contributed by atoms with van der Waals surface area (Å²) in [5.41, 5.74) is 13.2. The molecular formula is C15H20N2. The van der Waals surface area contributed by atoms with E-state index in [0.717, 1.165) is 19.3 Å². The van der Waals surface area contributed by atoms with Crippen molar-refractivity contribution >= 4 is 10.9 Å². The first-order valence-electron chi connectivity index (χ1n) is 6.41. The second kappa shape index (κ2) is 3.61. The Morgan fingerprint density at radius 2 is 2.06 bits per heavy atom. The molecule has 0 radical (unpaired) electrons. The Labute approximate surface area is 102 Å². The highest BCUT2D eigenvalue weighted by atomic mass is 15.0. The fourth-order valence-corrected chi connectivity index (χ4v) is 3.36. The third-order valence-corrected chi connectivity index (χ3v) is 4.08. The number of nitrogens with zero attached hydrogens (tertiary/aromatic N) is 1. The van der Waals surface area contributed by atoms with Crippen LogP contribution in [-0.4, -0.2) is 10.6 Å². The van der Waals surface area contributed by atoms with Gasteiger partial charge in [0.05, 0.1) is 5.52 Å². The van der Waals surface area contributed by atoms with E-state index in [0.29, 0.717) is 6.04 Å². The van der Waals surface area contributed by atoms with Crippen LogP contribution >= 0.6 is 0 Å². The molecule has 0 fully saturated rings. The molecule has 1 aromatic carbocycles. The molecule has 2 nitrogen and oxygen atoms in total. The summed E-state index contributed by atoms with van der Waals surface area (Å²) in [4.78, 5) is 0. The highest BCUT2D eigenvalue weighted by Crippen LogP contribution is 2.33. The van der Waals surface area contributed by atoms with Crippen LogP contribution in [0.4, 0.5) is 0 Å². The Hall–Kier alpha value is -1.28. The quantitative estimate of drug-likeness (QED) is 0.738. The molecule has 2 heteroatoms. The first kappa shape index (κ1) is 10.8. The van der Waals surface area contributed by atoms with Crippen molar-refractivity contribution in [3.63, 3.8) is 0 Å². The van der Waals surface area contributed by atoms with Crippen LogP contribution in [-0.2, 0) is 19.9 Å². The molecule has 0 saturated heterocycles. The maximum atomic E-state index is 6.12. The summed E-state index contributed by atoms with van der Waals surface area (Å²) >= 11 is 0. The topological polar surface area (TPSA) is 30.9 Å². The van der Waals surface area contributed by atoms with Crippen molar-refractivity contribution < 1.29 is 0 Å². The molecule has 0 bridgehead atoms. The van der Waals surface area contributed by atoms with Crippen LogP contribution in [0.5, 0.6) is 0 Å². The molecule has 1 aliphatic carbocycles. The van der Waals surface area contributed by atoms with Crippen molar-refractivity contribution in [3.05, 3.63) is 34.5 Å². The highest BCUT2D eigenvalue weighted by molar-refractivity contribution is 5.89. The lowest BCUT2D eigenvalue weighted by Gasteiger charge is -2.19. The van der Waals surface area contributed by atoms with E-state index in [2.05, 4.69) is 37.6 Å². The Bertz CT molecular complexity index is 593. The molecule has 0 aliphatic heterocycles. The van der Waals surface area contributed by atoms with Gasteiger partial charge in [0.2, 0.25) is 0 Å². The van der Waals surface area contributed by atoms with Gasteiger partial charge in [0.1, 0.15) is 0 Å². The van der Waals surface area contributed by atoms with Gasteiger partial charge < -0.3 is 10.3 Å². The molecule has 90 valence electrons. The first-order chi connectivity index (χ1) is 8.08. The van der Waals surface area contributed by atoms with Crippen LogP contribution in [0.15, 0.2) is 12.1 Å². The van der Waals surface area contributed by atoms with Crippen LogP contribution in [0.25, 0.3) is 10.9 Å². The van der Waals surface area contributed by atoms with Gasteiger partial charge in [0.25, 0.3) is 0 Å². The van der Waals surface area contributed by atoms with E-state index < -0.39 is 0 Å². The molecule has 0 amide bonds. The normalized spacial score (nSPS) is 19.6. The van der Waals surface area contributed by atoms with Gasteiger partial charge in [-0.15, -0.1) is 0 Å². The summed E-state index contributed by atoms with van der Waals surface area (Å²) < 4.78 is 2.38. The fraction of sp³-hybridized carbons (Fsp3) is 0.467. The van der Waals surface area contributed by atoms with E-state index in [1.165, 1.54) is 33.3 Å². The number of rotatable bonds is 0. The van der Waals surface area contributed by atoms with Crippen molar-refractivity contribution in [2.45, 2.75) is 39.2 Å². The lowest BCUT2D eigenvalue weighted by molar-refractivity contribution is 0.562. The van der Waals surface area contributed by atoms with E-state index in [-0.39, 0.29) is 0 Å². The minimum Gasteiger partial charge on any atom is -0.347 e. The average Bonchev–Trinajstić information content (AvgIpc) is 2.52. The second-order valence-electron chi connectivity index (χ2n) is 5.47. The second-order valence-corrected chi connectivity index (χ2v) is 5.47. The van der Waals surface area contributed by atoms with Crippen molar-refractivity contribution in [1.29, 1.82) is 0 Å². The number of fused-ring (bicyclic) bond motifs is 3. The summed E-state index contributed by atoms with van der Waals surface area (Å²) in [5.74, 6) is 0. The van der Waals surface area contributed by atoms with Gasteiger partial charge in [-0.1, -0.05) is 11.6 Å². The molecule has 0 saturated carbocycles. The smallest absolute Gasteiger partial charge is 0.0512 e. The van der Waals surface area contributed by atoms with Gasteiger partial charge in [-0.25, -0.2) is 0 Å². The maximum absolute atomic E-state index is 6.12. The summed E-state index contributed by atoms with van der Waals surface area (Å²) in [6, 6.07) is 4.93. The number of hydrogen-bond acceptors (Lipinski definition) is 1. The van der Waals surface area contributed by atoms with Crippen LogP contribution in [0, 0.1) is 13.8 Å². The van der Waals surface area contributed by atoms with Gasteiger partial charge in [-0.3, -0.25) is 0 Å². The lowest BCUT2D eigenvalue weighted by atomic mass is 9.91. The Morgan fingerprint density at radius 3 is 2.82 bits per heavy atom. The predicted octanol–water partition coefficient (Wildman–Crippen LogP) is 2.61. The Balaban J connectivity index is 2.38. The van der Waals surface area contributed by atoms with Gasteiger partial charge in [0, 0.05) is 24.2 Å². The minimum absolute atomic E-state index is 0.342. The van der Waals surface area contributed by atoms with E-state index in [4.69, 9.17) is 5.73 Å². The maximum Gasteiger partial charge on any atom is 0.0512 e. The molecular weight excluding hydrogens is 208 g/mol. The number of benzene rings is 1. The van der Waals surface area contributed by atoms with Crippen molar-refractivity contribution in [3.8, 4) is 0 Å². The molecule has 1 unspecified atom stereocenters. The molecule has 0 spiro atoms. The summed E-state index contributed by atoms with van der Waals surface area (Å²) in [6.07, 6.45) is 3.28. The number of aryl methyl sites for hydroxylation is 3. The Kier molecular flexibility index (Phi) is 2.30. The van der Waals surface area contributed by atoms with Crippen LogP contribution in [0.2, 0.25) is 0 Å². The molecule has 3 rings (SSSR count). The average molecular weight is 228 g/mol. The van der Waals surface area contributed by atoms with Gasteiger partial charge in [-0.2, -0.15) is 0 Å². The molecule has 1 aliphatic rings. The zero-order chi connectivity index (χ0) is 12.2. The Morgan fingerprint density at radius 1 is 1.29 bits per heavy atom. The highest BCUT2D eigenvalue weighted by Gasteiger charge is 2.22. The summed E-state index contributed by atoms with van der Waals surface area (Å²) in [5, 5.41) is 1.43. The van der Waals surface area contributed by atoms with Crippen molar-refractivity contribution in [2.24, 2.45) is 12.8 Å². The van der Waals surface area contributed by atoms with Crippen LogP contribution in [0.1, 0.15) is 28.8 Å². The van der Waals surface area contributed by atoms with Crippen molar-refractivity contribution in [2.75, 3.05) is 0 Å². The fourth-order valence-electron chi connectivity index (χ4n) is 3.36. The summed E-state index contributed by atoms with van der Waals surface area (Å²) in [7, 11) is 2.19. The van der Waals surface area contributed by atoms with E-state index in [9.17, 15) is 0 Å². The number of nitrogens with two attached hydrogens (primary N) is 1. The van der Waals surface area contributed by atoms with Crippen molar-refractivity contribution in [1.82, 2.24) is 4.57 Å². The standard InChI is InChI=1S/C15H20N2/c1-9-6-10(2)15-13(7-9)12-8-11(16)4-5-14(12)17(15)3/h6-7,11H,4-5,8,16H2,1-3H3. The molecule has 1 atom stereocenters. The zero-order valence-electron chi connectivity index (χ0n) is 10.9. The van der Waals surface area contributed by atoms with E-state index in [1.54, 1.807) is 0 Å². The molecule has 2 N–H and O–H groups in total. The first-order valence-corrected chi connectivity index (χ1v) is 6.41. The predicted molar refractivity (Wildman–Crippen MR) is 72.4 cm³/mol.